The number of carboxylic acid groups (broad SMARTS) is 1. The number of ether oxygens (including phenoxy) is 2. The first-order valence-corrected chi connectivity index (χ1v) is 12.8. The smallest absolute Gasteiger partial charge is 0.475 e. The molecule has 8 nitrogen and oxygen atoms in total. The van der Waals surface area contributed by atoms with E-state index in [1.165, 1.54) is 22.3 Å². The van der Waals surface area contributed by atoms with Crippen molar-refractivity contribution in [3.8, 4) is 0 Å². The molecule has 5 rings (SSSR count). The quantitative estimate of drug-likeness (QED) is 0.547. The van der Waals surface area contributed by atoms with Gasteiger partial charge in [-0.05, 0) is 61.1 Å². The lowest BCUT2D eigenvalue weighted by molar-refractivity contribution is -0.192. The Balaban J connectivity index is 0.000000448. The molecule has 2 aromatic rings. The van der Waals surface area contributed by atoms with E-state index in [1.54, 1.807) is 0 Å². The summed E-state index contributed by atoms with van der Waals surface area (Å²) in [6, 6.07) is 8.03. The highest BCUT2D eigenvalue weighted by Gasteiger charge is 2.38. The molecule has 0 bridgehead atoms. The second kappa shape index (κ2) is 11.7. The Hall–Kier alpha value is -3.44. The molecule has 0 amide bonds. The first-order valence-electron chi connectivity index (χ1n) is 12.8. The molecule has 0 radical (unpaired) electrons. The van der Waals surface area contributed by atoms with Crippen LogP contribution in [-0.2, 0) is 40.3 Å². The fraction of sp³-hybridized carbons (Fsp3) is 0.464. The number of carboxylic acids is 1. The zero-order chi connectivity index (χ0) is 28.3. The van der Waals surface area contributed by atoms with Crippen molar-refractivity contribution in [3.63, 3.8) is 0 Å². The molecule has 0 atom stereocenters. The van der Waals surface area contributed by atoms with Crippen LogP contribution < -0.4 is 0 Å². The van der Waals surface area contributed by atoms with Crippen molar-refractivity contribution in [1.82, 2.24) is 9.80 Å². The van der Waals surface area contributed by atoms with Gasteiger partial charge < -0.3 is 24.4 Å². The third-order valence-electron chi connectivity index (χ3n) is 7.66. The van der Waals surface area contributed by atoms with Gasteiger partial charge in [-0.2, -0.15) is 13.2 Å². The van der Waals surface area contributed by atoms with Crippen molar-refractivity contribution >= 4 is 17.9 Å². The fourth-order valence-corrected chi connectivity index (χ4v) is 5.13. The molecule has 0 aliphatic carbocycles. The standard InChI is InChI=1S/C26H30N2O4.C2HF3O2/c1-17-19(3-5-21-23(17)15-31-25(21)29)7-9-27-11-13-28(14-12-27)10-8-20-4-6-22-24(18(20)2)16-32-26(22)30;3-2(4,5)1(6)7/h3-6H,7-16H2,1-2H3;(H,6,7). The third kappa shape index (κ3) is 6.59. The van der Waals surface area contributed by atoms with Crippen molar-refractivity contribution in [2.24, 2.45) is 0 Å². The molecule has 3 heterocycles. The number of piperazine rings is 1. The Morgan fingerprint density at radius 3 is 1.49 bits per heavy atom. The largest absolute Gasteiger partial charge is 0.490 e. The molecule has 1 saturated heterocycles. The van der Waals surface area contributed by atoms with Crippen molar-refractivity contribution in [3.05, 3.63) is 68.8 Å². The van der Waals surface area contributed by atoms with Crippen LogP contribution in [0.3, 0.4) is 0 Å². The predicted octanol–water partition coefficient (Wildman–Crippen LogP) is 3.68. The number of benzene rings is 2. The number of fused-ring (bicyclic) bond motifs is 2. The number of alkyl halides is 3. The van der Waals surface area contributed by atoms with Gasteiger partial charge in [-0.25, -0.2) is 14.4 Å². The second-order valence-electron chi connectivity index (χ2n) is 9.89. The van der Waals surface area contributed by atoms with Crippen molar-refractivity contribution in [2.45, 2.75) is 46.1 Å². The molecule has 2 aromatic carbocycles. The summed E-state index contributed by atoms with van der Waals surface area (Å²) in [4.78, 5) is 37.4. The second-order valence-corrected chi connectivity index (χ2v) is 9.89. The number of nitrogens with zero attached hydrogens (tertiary/aromatic N) is 2. The number of hydrogen-bond donors (Lipinski definition) is 1. The third-order valence-corrected chi connectivity index (χ3v) is 7.66. The van der Waals surface area contributed by atoms with E-state index in [-0.39, 0.29) is 11.9 Å². The molecule has 39 heavy (non-hydrogen) atoms. The lowest BCUT2D eigenvalue weighted by atomic mass is 9.96. The van der Waals surface area contributed by atoms with Gasteiger partial charge in [0, 0.05) is 50.4 Å². The maximum Gasteiger partial charge on any atom is 0.490 e. The minimum atomic E-state index is -5.08. The van der Waals surface area contributed by atoms with Crippen LogP contribution in [0.1, 0.15) is 54.1 Å². The average molecular weight is 549 g/mol. The monoisotopic (exact) mass is 548 g/mol. The van der Waals surface area contributed by atoms with Gasteiger partial charge in [-0.3, -0.25) is 0 Å². The number of rotatable bonds is 6. The number of carbonyl (C=O) groups excluding carboxylic acids is 2. The number of carbonyl (C=O) groups is 3. The molecule has 0 saturated carbocycles. The Labute approximate surface area is 224 Å². The minimum Gasteiger partial charge on any atom is -0.475 e. The van der Waals surface area contributed by atoms with Gasteiger partial charge in [0.25, 0.3) is 0 Å². The average Bonchev–Trinajstić information content (AvgIpc) is 3.47. The summed E-state index contributed by atoms with van der Waals surface area (Å²) in [5, 5.41) is 7.12. The highest BCUT2D eigenvalue weighted by Crippen LogP contribution is 2.27. The van der Waals surface area contributed by atoms with Crippen LogP contribution in [-0.4, -0.2) is 78.3 Å². The Morgan fingerprint density at radius 2 is 1.15 bits per heavy atom. The Morgan fingerprint density at radius 1 is 0.795 bits per heavy atom. The van der Waals surface area contributed by atoms with E-state index in [4.69, 9.17) is 19.4 Å². The lowest BCUT2D eigenvalue weighted by Crippen LogP contribution is -2.47. The summed E-state index contributed by atoms with van der Waals surface area (Å²) in [5.41, 5.74) is 8.66. The molecule has 210 valence electrons. The molecule has 0 aromatic heterocycles. The molecule has 0 spiro atoms. The molecule has 11 heteroatoms. The maximum atomic E-state index is 11.7. The zero-order valence-corrected chi connectivity index (χ0v) is 21.9. The van der Waals surface area contributed by atoms with Gasteiger partial charge in [-0.1, -0.05) is 12.1 Å². The SMILES string of the molecule is Cc1c(CCN2CCN(CCc3ccc4c(c3C)COC4=O)CC2)ccc2c1COC2=O.O=C(O)C(F)(F)F. The van der Waals surface area contributed by atoms with Gasteiger partial charge in [0.05, 0.1) is 11.1 Å². The maximum absolute atomic E-state index is 11.7. The Kier molecular flexibility index (Phi) is 8.60. The van der Waals surface area contributed by atoms with Crippen LogP contribution in [0, 0.1) is 13.8 Å². The van der Waals surface area contributed by atoms with Gasteiger partial charge in [0.1, 0.15) is 13.2 Å². The fourth-order valence-electron chi connectivity index (χ4n) is 5.13. The number of cyclic esters (lactones) is 2. The number of aliphatic carboxylic acids is 1. The molecule has 0 unspecified atom stereocenters. The highest BCUT2D eigenvalue weighted by atomic mass is 19.4. The normalized spacial score (nSPS) is 17.2. The van der Waals surface area contributed by atoms with Crippen LogP contribution in [0.4, 0.5) is 13.2 Å². The topological polar surface area (TPSA) is 96.4 Å². The first kappa shape index (κ1) is 28.6. The lowest BCUT2D eigenvalue weighted by Gasteiger charge is -2.35. The minimum absolute atomic E-state index is 0.192. The number of halogens is 3. The van der Waals surface area contributed by atoms with Crippen molar-refractivity contribution < 1.29 is 42.1 Å². The van der Waals surface area contributed by atoms with Gasteiger partial charge in [0.2, 0.25) is 0 Å². The van der Waals surface area contributed by atoms with E-state index in [9.17, 15) is 22.8 Å². The van der Waals surface area contributed by atoms with Crippen molar-refractivity contribution in [2.75, 3.05) is 39.3 Å². The highest BCUT2D eigenvalue weighted by molar-refractivity contribution is 5.94. The summed E-state index contributed by atoms with van der Waals surface area (Å²) < 4.78 is 42.1. The van der Waals surface area contributed by atoms with E-state index in [0.717, 1.165) is 74.4 Å². The van der Waals surface area contributed by atoms with Crippen LogP contribution in [0.2, 0.25) is 0 Å². The van der Waals surface area contributed by atoms with Crippen molar-refractivity contribution in [1.29, 1.82) is 0 Å². The molecule has 1 fully saturated rings. The molecular weight excluding hydrogens is 517 g/mol. The summed E-state index contributed by atoms with van der Waals surface area (Å²) in [6.45, 7) is 11.5. The molecule has 3 aliphatic heterocycles. The predicted molar refractivity (Wildman–Crippen MR) is 135 cm³/mol. The Bertz CT molecular complexity index is 1180. The van der Waals surface area contributed by atoms with Gasteiger partial charge in [0.15, 0.2) is 0 Å². The summed E-state index contributed by atoms with van der Waals surface area (Å²) >= 11 is 0. The molecular formula is C28H31F3N2O6. The molecule has 3 aliphatic rings. The summed E-state index contributed by atoms with van der Waals surface area (Å²) in [6.07, 6.45) is -3.08. The van der Waals surface area contributed by atoms with Gasteiger partial charge in [-0.15, -0.1) is 0 Å². The van der Waals surface area contributed by atoms with Crippen LogP contribution in [0.5, 0.6) is 0 Å². The van der Waals surface area contributed by atoms with E-state index in [0.29, 0.717) is 13.2 Å². The molecule has 1 N–H and O–H groups in total. The van der Waals surface area contributed by atoms with Crippen LogP contribution >= 0.6 is 0 Å². The van der Waals surface area contributed by atoms with Crippen LogP contribution in [0.25, 0.3) is 0 Å². The van der Waals surface area contributed by atoms with Gasteiger partial charge >= 0.3 is 24.1 Å². The first-order chi connectivity index (χ1) is 18.5. The van der Waals surface area contributed by atoms with E-state index in [2.05, 4.69) is 35.8 Å². The van der Waals surface area contributed by atoms with E-state index < -0.39 is 12.1 Å². The van der Waals surface area contributed by atoms with E-state index >= 15 is 0 Å². The van der Waals surface area contributed by atoms with E-state index in [1.807, 2.05) is 12.1 Å². The zero-order valence-electron chi connectivity index (χ0n) is 21.9. The summed E-state index contributed by atoms with van der Waals surface area (Å²) in [5.74, 6) is -3.14. The summed E-state index contributed by atoms with van der Waals surface area (Å²) in [7, 11) is 0. The number of hydrogen-bond acceptors (Lipinski definition) is 7. The van der Waals surface area contributed by atoms with Crippen LogP contribution in [0.15, 0.2) is 24.3 Å². The number of esters is 2.